The summed E-state index contributed by atoms with van der Waals surface area (Å²) in [7, 11) is 0. The van der Waals surface area contributed by atoms with E-state index in [0.717, 1.165) is 44.3 Å². The second-order valence-electron chi connectivity index (χ2n) is 9.47. The van der Waals surface area contributed by atoms with Crippen LogP contribution in [0.15, 0.2) is 67.5 Å². The SMILES string of the molecule is FC1(F)CCN(Cc2cncc(-c3cc4c(-c5nc6c(-c7ccccn7)cncc6[nH]5)n[nH]c4cn3)c2)C1. The minimum Gasteiger partial charge on any atom is -0.335 e. The molecule has 2 N–H and O–H groups in total. The van der Waals surface area contributed by atoms with Gasteiger partial charge < -0.3 is 4.98 Å². The maximum absolute atomic E-state index is 13.6. The Kier molecular flexibility index (Phi) is 5.18. The van der Waals surface area contributed by atoms with Gasteiger partial charge in [0.1, 0.15) is 11.2 Å². The summed E-state index contributed by atoms with van der Waals surface area (Å²) >= 11 is 0. The minimum atomic E-state index is -2.62. The van der Waals surface area contributed by atoms with Crippen molar-refractivity contribution in [2.45, 2.75) is 18.9 Å². The van der Waals surface area contributed by atoms with Crippen molar-refractivity contribution < 1.29 is 8.78 Å². The molecule has 0 aromatic carbocycles. The number of alkyl halides is 2. The number of hydrogen-bond acceptors (Lipinski definition) is 7. The van der Waals surface area contributed by atoms with Crippen LogP contribution in [-0.2, 0) is 6.54 Å². The van der Waals surface area contributed by atoms with Gasteiger partial charge in [0.2, 0.25) is 0 Å². The number of imidazole rings is 1. The standard InChI is InChI=1S/C27H21F2N9/c28-27(29)4-6-38(15-27)14-16-7-17(10-30-9-16)21-8-18-22(13-33-21)36-37-25(18)26-34-23-12-31-11-19(24(23)35-26)20-3-1-2-5-32-20/h1-3,5,7-13H,4,6,14-15H2,(H,34,35)(H,36,37). The van der Waals surface area contributed by atoms with Crippen molar-refractivity contribution >= 4 is 21.9 Å². The van der Waals surface area contributed by atoms with Gasteiger partial charge >= 0.3 is 0 Å². The van der Waals surface area contributed by atoms with Crippen molar-refractivity contribution in [2.75, 3.05) is 13.1 Å². The first-order valence-electron chi connectivity index (χ1n) is 12.2. The van der Waals surface area contributed by atoms with Gasteiger partial charge in [-0.2, -0.15) is 5.10 Å². The van der Waals surface area contributed by atoms with E-state index in [1.54, 1.807) is 42.1 Å². The first kappa shape index (κ1) is 22.5. The Morgan fingerprint density at radius 1 is 0.947 bits per heavy atom. The zero-order chi connectivity index (χ0) is 25.7. The molecule has 188 valence electrons. The largest absolute Gasteiger partial charge is 0.335 e. The lowest BCUT2D eigenvalue weighted by atomic mass is 10.1. The Hall–Kier alpha value is -4.64. The number of rotatable bonds is 5. The molecule has 7 heterocycles. The number of H-pyrrole nitrogens is 2. The molecule has 0 atom stereocenters. The summed E-state index contributed by atoms with van der Waals surface area (Å²) in [6.07, 6.45) is 10.3. The Labute approximate surface area is 215 Å². The molecule has 1 aliphatic rings. The maximum Gasteiger partial charge on any atom is 0.261 e. The van der Waals surface area contributed by atoms with Gasteiger partial charge in [0, 0.05) is 60.8 Å². The molecule has 6 aromatic rings. The summed E-state index contributed by atoms with van der Waals surface area (Å²) < 4.78 is 27.2. The highest BCUT2D eigenvalue weighted by molar-refractivity contribution is 5.97. The number of nitrogens with zero attached hydrogens (tertiary/aromatic N) is 7. The molecule has 1 aliphatic heterocycles. The minimum absolute atomic E-state index is 0.108. The molecule has 11 heteroatoms. The quantitative estimate of drug-likeness (QED) is 0.341. The number of halogens is 2. The molecule has 6 aromatic heterocycles. The smallest absolute Gasteiger partial charge is 0.261 e. The summed E-state index contributed by atoms with van der Waals surface area (Å²) in [5, 5.41) is 8.38. The van der Waals surface area contributed by atoms with E-state index in [2.05, 4.69) is 35.1 Å². The number of fused-ring (bicyclic) bond motifs is 2. The Morgan fingerprint density at radius 2 is 1.87 bits per heavy atom. The van der Waals surface area contributed by atoms with Gasteiger partial charge in [-0.1, -0.05) is 6.07 Å². The number of aromatic nitrogens is 8. The van der Waals surface area contributed by atoms with Crippen LogP contribution in [-0.4, -0.2) is 64.0 Å². The average Bonchev–Trinajstić information content (AvgIpc) is 3.64. The van der Waals surface area contributed by atoms with Crippen LogP contribution in [0.1, 0.15) is 12.0 Å². The summed E-state index contributed by atoms with van der Waals surface area (Å²) in [6, 6.07) is 9.59. The monoisotopic (exact) mass is 509 g/mol. The molecule has 38 heavy (non-hydrogen) atoms. The molecule has 9 nitrogen and oxygen atoms in total. The van der Waals surface area contributed by atoms with E-state index in [4.69, 9.17) is 4.98 Å². The first-order valence-corrected chi connectivity index (χ1v) is 12.2. The molecule has 0 bridgehead atoms. The third-order valence-corrected chi connectivity index (χ3v) is 6.75. The van der Waals surface area contributed by atoms with E-state index >= 15 is 0 Å². The predicted octanol–water partition coefficient (Wildman–Crippen LogP) is 4.86. The average molecular weight is 510 g/mol. The van der Waals surface area contributed by atoms with E-state index in [1.165, 1.54) is 0 Å². The van der Waals surface area contributed by atoms with E-state index < -0.39 is 5.92 Å². The Balaban J connectivity index is 1.24. The molecular formula is C27H21F2N9. The van der Waals surface area contributed by atoms with E-state index in [-0.39, 0.29) is 13.0 Å². The third kappa shape index (κ3) is 4.06. The Morgan fingerprint density at radius 3 is 2.71 bits per heavy atom. The highest BCUT2D eigenvalue weighted by Gasteiger charge is 2.37. The Bertz CT molecular complexity index is 1780. The van der Waals surface area contributed by atoms with Crippen LogP contribution >= 0.6 is 0 Å². The number of likely N-dealkylation sites (tertiary alicyclic amines) is 1. The molecule has 0 aliphatic carbocycles. The van der Waals surface area contributed by atoms with Crippen molar-refractivity contribution in [3.05, 3.63) is 73.1 Å². The van der Waals surface area contributed by atoms with E-state index in [0.29, 0.717) is 30.3 Å². The molecular weight excluding hydrogens is 488 g/mol. The van der Waals surface area contributed by atoms with Gasteiger partial charge in [0.15, 0.2) is 5.82 Å². The zero-order valence-corrected chi connectivity index (χ0v) is 20.1. The van der Waals surface area contributed by atoms with Crippen molar-refractivity contribution in [1.29, 1.82) is 0 Å². The highest BCUT2D eigenvalue weighted by atomic mass is 19.3. The third-order valence-electron chi connectivity index (χ3n) is 6.75. The van der Waals surface area contributed by atoms with Crippen molar-refractivity contribution in [1.82, 2.24) is 45.0 Å². The maximum atomic E-state index is 13.6. The van der Waals surface area contributed by atoms with Crippen molar-refractivity contribution in [3.8, 4) is 34.0 Å². The second kappa shape index (κ2) is 8.73. The van der Waals surface area contributed by atoms with Crippen LogP contribution in [0.3, 0.4) is 0 Å². The predicted molar refractivity (Wildman–Crippen MR) is 138 cm³/mol. The fraction of sp³-hybridized carbons (Fsp3) is 0.185. The van der Waals surface area contributed by atoms with Crippen molar-refractivity contribution in [2.24, 2.45) is 0 Å². The first-order chi connectivity index (χ1) is 18.5. The van der Waals surface area contributed by atoms with Crippen LogP contribution in [0.4, 0.5) is 8.78 Å². The molecule has 0 amide bonds. The molecule has 0 saturated carbocycles. The molecule has 0 radical (unpaired) electrons. The topological polar surface area (TPSA) is 112 Å². The van der Waals surface area contributed by atoms with E-state index in [9.17, 15) is 8.78 Å². The van der Waals surface area contributed by atoms with Crippen molar-refractivity contribution in [3.63, 3.8) is 0 Å². The molecule has 1 fully saturated rings. The zero-order valence-electron chi connectivity index (χ0n) is 20.1. The van der Waals surface area contributed by atoms with Crippen LogP contribution in [0.2, 0.25) is 0 Å². The fourth-order valence-corrected chi connectivity index (χ4v) is 4.92. The molecule has 0 spiro atoms. The number of nitrogens with one attached hydrogen (secondary N) is 2. The van der Waals surface area contributed by atoms with Crippen LogP contribution in [0.25, 0.3) is 56.0 Å². The molecule has 0 unspecified atom stereocenters. The summed E-state index contributed by atoms with van der Waals surface area (Å²) in [6.45, 7) is 0.561. The van der Waals surface area contributed by atoms with Gasteiger partial charge in [-0.25, -0.2) is 13.8 Å². The summed E-state index contributed by atoms with van der Waals surface area (Å²) in [4.78, 5) is 27.7. The summed E-state index contributed by atoms with van der Waals surface area (Å²) in [5.41, 5.74) is 6.91. The number of aromatic amines is 2. The lowest BCUT2D eigenvalue weighted by molar-refractivity contribution is 0.0115. The van der Waals surface area contributed by atoms with Gasteiger partial charge in [0.25, 0.3) is 5.92 Å². The highest BCUT2D eigenvalue weighted by Crippen LogP contribution is 2.32. The van der Waals surface area contributed by atoms with Gasteiger partial charge in [-0.15, -0.1) is 0 Å². The van der Waals surface area contributed by atoms with E-state index in [1.807, 2.05) is 30.3 Å². The van der Waals surface area contributed by atoms with Gasteiger partial charge in [0.05, 0.1) is 41.4 Å². The number of hydrogen-bond donors (Lipinski definition) is 2. The van der Waals surface area contributed by atoms with Gasteiger partial charge in [-0.05, 0) is 29.8 Å². The lowest BCUT2D eigenvalue weighted by Gasteiger charge is -2.15. The van der Waals surface area contributed by atoms with Crippen LogP contribution in [0.5, 0.6) is 0 Å². The lowest BCUT2D eigenvalue weighted by Crippen LogP contribution is -2.24. The van der Waals surface area contributed by atoms with Crippen LogP contribution in [0, 0.1) is 0 Å². The second-order valence-corrected chi connectivity index (χ2v) is 9.47. The fourth-order valence-electron chi connectivity index (χ4n) is 4.92. The normalized spacial score (nSPS) is 15.5. The van der Waals surface area contributed by atoms with Crippen LogP contribution < -0.4 is 0 Å². The number of pyridine rings is 4. The molecule has 7 rings (SSSR count). The van der Waals surface area contributed by atoms with Gasteiger partial charge in [-0.3, -0.25) is 29.9 Å². The summed E-state index contributed by atoms with van der Waals surface area (Å²) in [5.74, 6) is -2.03. The molecule has 1 saturated heterocycles.